The zero-order chi connectivity index (χ0) is 21.8. The largest absolute Gasteiger partial charge is 0.496 e. The number of carbonyl (C=O) groups is 1. The molecule has 1 fully saturated rings. The average molecular weight is 444 g/mol. The number of ether oxygens (including phenoxy) is 3. The molecule has 1 unspecified atom stereocenters. The molecule has 0 saturated carbocycles. The molecule has 31 heavy (non-hydrogen) atoms. The van der Waals surface area contributed by atoms with E-state index in [0.29, 0.717) is 35.5 Å². The number of para-hydroxylation sites is 1. The van der Waals surface area contributed by atoms with Crippen molar-refractivity contribution in [1.82, 2.24) is 4.90 Å². The average Bonchev–Trinajstić information content (AvgIpc) is 3.42. The first-order valence-electron chi connectivity index (χ1n) is 10.3. The van der Waals surface area contributed by atoms with E-state index in [0.717, 1.165) is 28.9 Å². The second-order valence-corrected chi connectivity index (χ2v) is 8.64. The van der Waals surface area contributed by atoms with Crippen molar-refractivity contribution in [3.8, 4) is 5.75 Å². The number of halogens is 1. The Morgan fingerprint density at radius 2 is 2.06 bits per heavy atom. The minimum absolute atomic E-state index is 0.00403. The number of fused-ring (bicyclic) bond motifs is 1. The molecule has 2 aromatic carbocycles. The predicted molar refractivity (Wildman–Crippen MR) is 119 cm³/mol. The van der Waals surface area contributed by atoms with E-state index in [1.165, 1.54) is 17.4 Å². The number of hydrogen-bond donors (Lipinski definition) is 0. The van der Waals surface area contributed by atoms with E-state index in [1.54, 1.807) is 25.2 Å². The molecule has 5 nitrogen and oxygen atoms in total. The van der Waals surface area contributed by atoms with E-state index in [1.807, 2.05) is 30.3 Å². The van der Waals surface area contributed by atoms with Gasteiger partial charge in [0.15, 0.2) is 0 Å². The first-order chi connectivity index (χ1) is 15.1. The lowest BCUT2D eigenvalue weighted by Gasteiger charge is -2.26. The molecule has 2 heterocycles. The second-order valence-electron chi connectivity index (χ2n) is 7.59. The van der Waals surface area contributed by atoms with E-state index in [4.69, 9.17) is 14.2 Å². The maximum absolute atomic E-state index is 14.6. The third-order valence-electron chi connectivity index (χ3n) is 5.54. The van der Waals surface area contributed by atoms with Crippen LogP contribution in [0.25, 0.3) is 10.1 Å². The van der Waals surface area contributed by atoms with Gasteiger partial charge in [-0.3, -0.25) is 4.79 Å². The van der Waals surface area contributed by atoms with E-state index >= 15 is 0 Å². The van der Waals surface area contributed by atoms with E-state index in [9.17, 15) is 9.18 Å². The molecule has 1 atom stereocenters. The lowest BCUT2D eigenvalue weighted by Crippen LogP contribution is -2.37. The first kappa shape index (κ1) is 21.7. The zero-order valence-corrected chi connectivity index (χ0v) is 18.5. The van der Waals surface area contributed by atoms with E-state index < -0.39 is 0 Å². The van der Waals surface area contributed by atoms with E-state index in [2.05, 4.69) is 0 Å². The number of rotatable bonds is 8. The van der Waals surface area contributed by atoms with Crippen LogP contribution in [0, 0.1) is 5.82 Å². The van der Waals surface area contributed by atoms with Crippen molar-refractivity contribution in [3.05, 3.63) is 64.3 Å². The molecule has 1 aliphatic heterocycles. The zero-order valence-electron chi connectivity index (χ0n) is 17.7. The summed E-state index contributed by atoms with van der Waals surface area (Å²) in [5, 5.41) is 0.465. The van der Waals surface area contributed by atoms with Crippen LogP contribution in [0.1, 0.15) is 33.6 Å². The Labute approximate surface area is 185 Å². The van der Waals surface area contributed by atoms with Gasteiger partial charge in [-0.05, 0) is 31.0 Å². The molecule has 1 saturated heterocycles. The molecule has 3 aromatic rings. The number of amides is 1. The molecular weight excluding hydrogens is 417 g/mol. The monoisotopic (exact) mass is 443 g/mol. The molecule has 0 aliphatic carbocycles. The Bertz CT molecular complexity index is 1060. The fraction of sp³-hybridized carbons (Fsp3) is 0.375. The fourth-order valence-corrected chi connectivity index (χ4v) is 5.25. The van der Waals surface area contributed by atoms with Crippen LogP contribution in [0.5, 0.6) is 5.75 Å². The van der Waals surface area contributed by atoms with Crippen LogP contribution >= 0.6 is 11.3 Å². The molecular formula is C24H26FNO4S. The van der Waals surface area contributed by atoms with Crippen molar-refractivity contribution in [1.29, 1.82) is 0 Å². The van der Waals surface area contributed by atoms with Gasteiger partial charge in [0.2, 0.25) is 0 Å². The van der Waals surface area contributed by atoms with Gasteiger partial charge in [0.05, 0.1) is 24.7 Å². The van der Waals surface area contributed by atoms with Crippen LogP contribution in [0.3, 0.4) is 0 Å². The van der Waals surface area contributed by atoms with Gasteiger partial charge in [-0.25, -0.2) is 4.39 Å². The molecule has 164 valence electrons. The third kappa shape index (κ3) is 4.59. The Hall–Kier alpha value is -2.48. The summed E-state index contributed by atoms with van der Waals surface area (Å²) in [6.07, 6.45) is 1.90. The van der Waals surface area contributed by atoms with Gasteiger partial charge in [-0.1, -0.05) is 24.3 Å². The summed E-state index contributed by atoms with van der Waals surface area (Å²) in [5.41, 5.74) is 1.51. The van der Waals surface area contributed by atoms with Gasteiger partial charge < -0.3 is 19.1 Å². The molecule has 0 spiro atoms. The van der Waals surface area contributed by atoms with Gasteiger partial charge in [0.1, 0.15) is 11.6 Å². The molecule has 4 rings (SSSR count). The van der Waals surface area contributed by atoms with Gasteiger partial charge in [-0.2, -0.15) is 0 Å². The fourth-order valence-electron chi connectivity index (χ4n) is 4.06. The summed E-state index contributed by atoms with van der Waals surface area (Å²) in [6, 6.07) is 12.6. The van der Waals surface area contributed by atoms with Crippen LogP contribution in [-0.4, -0.2) is 44.3 Å². The summed E-state index contributed by atoms with van der Waals surface area (Å²) in [4.78, 5) is 16.1. The van der Waals surface area contributed by atoms with Crippen LogP contribution in [0.4, 0.5) is 4.39 Å². The SMILES string of the molecule is COCc1c(C(=O)N(Cc2ccccc2OC)CC2CCCO2)sc2cccc(F)c12. The Morgan fingerprint density at radius 3 is 2.81 bits per heavy atom. The van der Waals surface area contributed by atoms with Gasteiger partial charge in [-0.15, -0.1) is 11.3 Å². The number of nitrogens with zero attached hydrogens (tertiary/aromatic N) is 1. The summed E-state index contributed by atoms with van der Waals surface area (Å²) >= 11 is 1.31. The number of hydrogen-bond acceptors (Lipinski definition) is 5. The van der Waals surface area contributed by atoms with Crippen molar-refractivity contribution < 1.29 is 23.4 Å². The summed E-state index contributed by atoms with van der Waals surface area (Å²) in [5.74, 6) is 0.247. The lowest BCUT2D eigenvalue weighted by atomic mass is 10.1. The van der Waals surface area contributed by atoms with Crippen molar-refractivity contribution in [3.63, 3.8) is 0 Å². The van der Waals surface area contributed by atoms with Crippen LogP contribution in [0.2, 0.25) is 0 Å². The summed E-state index contributed by atoms with van der Waals surface area (Å²) < 4.78 is 32.0. The topological polar surface area (TPSA) is 48.0 Å². The molecule has 1 amide bonds. The van der Waals surface area contributed by atoms with E-state index in [-0.39, 0.29) is 24.4 Å². The van der Waals surface area contributed by atoms with Gasteiger partial charge in [0.25, 0.3) is 5.91 Å². The quantitative estimate of drug-likeness (QED) is 0.491. The number of methoxy groups -OCH3 is 2. The molecule has 0 radical (unpaired) electrons. The highest BCUT2D eigenvalue weighted by atomic mass is 32.1. The third-order valence-corrected chi connectivity index (χ3v) is 6.72. The predicted octanol–water partition coefficient (Wildman–Crippen LogP) is 5.02. The summed E-state index contributed by atoms with van der Waals surface area (Å²) in [7, 11) is 3.17. The minimum atomic E-state index is -0.338. The molecule has 7 heteroatoms. The smallest absolute Gasteiger partial charge is 0.264 e. The molecule has 1 aromatic heterocycles. The highest BCUT2D eigenvalue weighted by molar-refractivity contribution is 7.21. The molecule has 0 bridgehead atoms. The highest BCUT2D eigenvalue weighted by Gasteiger charge is 2.28. The van der Waals surface area contributed by atoms with Crippen LogP contribution in [0.15, 0.2) is 42.5 Å². The molecule has 0 N–H and O–H groups in total. The minimum Gasteiger partial charge on any atom is -0.496 e. The van der Waals surface area contributed by atoms with Crippen molar-refractivity contribution in [2.75, 3.05) is 27.4 Å². The maximum atomic E-state index is 14.6. The van der Waals surface area contributed by atoms with Crippen molar-refractivity contribution >= 4 is 27.3 Å². The highest BCUT2D eigenvalue weighted by Crippen LogP contribution is 2.35. The number of benzene rings is 2. The summed E-state index contributed by atoms with van der Waals surface area (Å²) in [6.45, 7) is 1.74. The maximum Gasteiger partial charge on any atom is 0.264 e. The standard InChI is InChI=1S/C24H26FNO4S/c1-28-15-18-22-19(25)9-5-11-21(22)31-23(18)24(27)26(14-17-8-6-12-30-17)13-16-7-3-4-10-20(16)29-2/h3-5,7,9-11,17H,6,8,12-15H2,1-2H3. The lowest BCUT2D eigenvalue weighted by molar-refractivity contribution is 0.0507. The van der Waals surface area contributed by atoms with Crippen molar-refractivity contribution in [2.24, 2.45) is 0 Å². The first-order valence-corrected chi connectivity index (χ1v) is 11.2. The van der Waals surface area contributed by atoms with Crippen LogP contribution in [-0.2, 0) is 22.6 Å². The molecule has 1 aliphatic rings. The Kier molecular flexibility index (Phi) is 6.85. The second kappa shape index (κ2) is 9.77. The van der Waals surface area contributed by atoms with Crippen molar-refractivity contribution in [2.45, 2.75) is 32.1 Å². The van der Waals surface area contributed by atoms with Gasteiger partial charge in [0, 0.05) is 48.0 Å². The number of thiophene rings is 1. The Balaban J connectivity index is 1.73. The van der Waals surface area contributed by atoms with Gasteiger partial charge >= 0.3 is 0 Å². The normalized spacial score (nSPS) is 16.0. The van der Waals surface area contributed by atoms with Crippen LogP contribution < -0.4 is 4.74 Å². The number of carbonyl (C=O) groups excluding carboxylic acids is 1. The Morgan fingerprint density at radius 1 is 1.23 bits per heavy atom.